The van der Waals surface area contributed by atoms with E-state index >= 15 is 0 Å². The van der Waals surface area contributed by atoms with E-state index < -0.39 is 0 Å². The molecule has 1 rings (SSSR count). The van der Waals surface area contributed by atoms with Crippen LogP contribution in [0.25, 0.3) is 5.57 Å². The summed E-state index contributed by atoms with van der Waals surface area (Å²) in [7, 11) is 2.72. The van der Waals surface area contributed by atoms with Crippen LogP contribution in [0.15, 0.2) is 24.3 Å². The number of amides is 1. The highest BCUT2D eigenvalue weighted by Crippen LogP contribution is 2.21. The van der Waals surface area contributed by atoms with E-state index in [-0.39, 0.29) is 5.91 Å². The SMILES string of the molecule is C/C=C(/CC(=O)NCCCNCCCNCCCNCC)c1cc(P)ccc1C.CC.CC.CC. The third-order valence-corrected chi connectivity index (χ3v) is 5.18. The second-order valence-electron chi connectivity index (χ2n) is 7.33. The van der Waals surface area contributed by atoms with Crippen molar-refractivity contribution in [3.05, 3.63) is 35.4 Å². The Morgan fingerprint density at radius 3 is 1.80 bits per heavy atom. The first-order chi connectivity index (χ1) is 17.1. The maximum absolute atomic E-state index is 12.3. The van der Waals surface area contributed by atoms with E-state index in [2.05, 4.69) is 62.6 Å². The fraction of sp³-hybridized carbons (Fsp3) is 0.690. The smallest absolute Gasteiger partial charge is 0.224 e. The van der Waals surface area contributed by atoms with E-state index in [1.807, 2.05) is 54.5 Å². The molecule has 0 fully saturated rings. The zero-order valence-electron chi connectivity index (χ0n) is 24.6. The standard InChI is InChI=1S/C23H41N4OP.3C2H6/c1-4-20(22-18-21(29)10-9-19(22)3)17-23(28)27-16-8-15-26-14-7-13-25-12-6-11-24-5-2;3*1-2/h4,9-10,18,24-26H,5-8,11-17,29H2,1-3H3,(H,27,28);3*1-2H3/b20-4-;;;. The highest BCUT2D eigenvalue weighted by atomic mass is 31.0. The maximum atomic E-state index is 12.3. The van der Waals surface area contributed by atoms with Crippen molar-refractivity contribution in [2.45, 2.75) is 88.0 Å². The van der Waals surface area contributed by atoms with E-state index in [9.17, 15) is 4.79 Å². The summed E-state index contributed by atoms with van der Waals surface area (Å²) in [6.45, 7) is 25.2. The molecule has 206 valence electrons. The molecular formula is C29H59N4OP. The van der Waals surface area contributed by atoms with Crippen LogP contribution in [0.5, 0.6) is 0 Å². The number of aryl methyl sites for hydroxylation is 1. The molecule has 0 aliphatic carbocycles. The van der Waals surface area contributed by atoms with Crippen molar-refractivity contribution >= 4 is 26.0 Å². The van der Waals surface area contributed by atoms with Crippen LogP contribution in [0, 0.1) is 6.92 Å². The first kappa shape index (κ1) is 38.3. The van der Waals surface area contributed by atoms with Crippen molar-refractivity contribution in [3.8, 4) is 0 Å². The van der Waals surface area contributed by atoms with E-state index in [4.69, 9.17) is 0 Å². The van der Waals surface area contributed by atoms with E-state index in [0.717, 1.165) is 68.6 Å². The predicted octanol–water partition coefficient (Wildman–Crippen LogP) is 5.44. The van der Waals surface area contributed by atoms with Gasteiger partial charge in [0.1, 0.15) is 0 Å². The van der Waals surface area contributed by atoms with Gasteiger partial charge in [-0.05, 0) is 100 Å². The largest absolute Gasteiger partial charge is 0.356 e. The van der Waals surface area contributed by atoms with Crippen LogP contribution in [-0.2, 0) is 4.79 Å². The molecule has 6 heteroatoms. The number of hydrogen-bond donors (Lipinski definition) is 4. The van der Waals surface area contributed by atoms with Crippen LogP contribution in [0.3, 0.4) is 0 Å². The third kappa shape index (κ3) is 22.9. The lowest BCUT2D eigenvalue weighted by Crippen LogP contribution is -2.29. The number of carbonyl (C=O) groups excluding carboxylic acids is 1. The molecule has 1 unspecified atom stereocenters. The van der Waals surface area contributed by atoms with Gasteiger partial charge < -0.3 is 21.3 Å². The number of hydrogen-bond acceptors (Lipinski definition) is 4. The fourth-order valence-electron chi connectivity index (χ4n) is 3.12. The summed E-state index contributed by atoms with van der Waals surface area (Å²) in [6.07, 6.45) is 5.73. The lowest BCUT2D eigenvalue weighted by molar-refractivity contribution is -0.120. The van der Waals surface area contributed by atoms with Gasteiger partial charge in [0.15, 0.2) is 0 Å². The molecule has 4 N–H and O–H groups in total. The van der Waals surface area contributed by atoms with E-state index in [1.54, 1.807) is 0 Å². The molecule has 1 atom stereocenters. The zero-order valence-corrected chi connectivity index (χ0v) is 25.7. The first-order valence-corrected chi connectivity index (χ1v) is 14.6. The van der Waals surface area contributed by atoms with Crippen LogP contribution in [0.1, 0.15) is 92.2 Å². The molecule has 0 aliphatic rings. The molecule has 1 aromatic carbocycles. The Morgan fingerprint density at radius 1 is 0.829 bits per heavy atom. The summed E-state index contributed by atoms with van der Waals surface area (Å²) < 4.78 is 0. The van der Waals surface area contributed by atoms with Crippen LogP contribution < -0.4 is 26.6 Å². The Kier molecular flexibility index (Phi) is 33.6. The van der Waals surface area contributed by atoms with E-state index in [0.29, 0.717) is 13.0 Å². The molecule has 0 heterocycles. The van der Waals surface area contributed by atoms with Crippen molar-refractivity contribution in [1.29, 1.82) is 0 Å². The number of benzene rings is 1. The summed E-state index contributed by atoms with van der Waals surface area (Å²) in [5.41, 5.74) is 3.45. The molecule has 0 aromatic heterocycles. The van der Waals surface area contributed by atoms with Crippen LogP contribution in [-0.4, -0.2) is 51.7 Å². The minimum absolute atomic E-state index is 0.0911. The molecule has 0 radical (unpaired) electrons. The Labute approximate surface area is 221 Å². The monoisotopic (exact) mass is 510 g/mol. The third-order valence-electron chi connectivity index (χ3n) is 4.82. The molecular weight excluding hydrogens is 451 g/mol. The summed E-state index contributed by atoms with van der Waals surface area (Å²) in [5, 5.41) is 14.4. The average molecular weight is 511 g/mol. The predicted molar refractivity (Wildman–Crippen MR) is 164 cm³/mol. The van der Waals surface area contributed by atoms with E-state index in [1.165, 1.54) is 12.0 Å². The van der Waals surface area contributed by atoms with Crippen molar-refractivity contribution in [2.75, 3.05) is 45.8 Å². The number of allylic oxidation sites excluding steroid dienone is 1. The minimum Gasteiger partial charge on any atom is -0.356 e. The van der Waals surface area contributed by atoms with Crippen LogP contribution in [0.2, 0.25) is 0 Å². The zero-order chi connectivity index (χ0) is 27.3. The Bertz CT molecular complexity index is 621. The fourth-order valence-corrected chi connectivity index (χ4v) is 3.38. The van der Waals surface area contributed by atoms with Gasteiger partial charge in [-0.3, -0.25) is 4.79 Å². The Balaban J connectivity index is -0.00000158. The molecule has 1 aromatic rings. The number of rotatable bonds is 16. The van der Waals surface area contributed by atoms with Crippen molar-refractivity contribution in [2.24, 2.45) is 0 Å². The van der Waals surface area contributed by atoms with Crippen molar-refractivity contribution in [3.63, 3.8) is 0 Å². The first-order valence-electron chi connectivity index (χ1n) is 14.0. The van der Waals surface area contributed by atoms with Gasteiger partial charge in [-0.25, -0.2) is 0 Å². The summed E-state index contributed by atoms with van der Waals surface area (Å²) in [6, 6.07) is 6.30. The molecule has 0 saturated carbocycles. The lowest BCUT2D eigenvalue weighted by Gasteiger charge is -2.12. The molecule has 0 spiro atoms. The Hall–Kier alpha value is -1.26. The quantitative estimate of drug-likeness (QED) is 0.177. The van der Waals surface area contributed by atoms with Gasteiger partial charge in [-0.1, -0.05) is 66.7 Å². The van der Waals surface area contributed by atoms with Crippen LogP contribution >= 0.6 is 9.24 Å². The Morgan fingerprint density at radius 2 is 1.31 bits per heavy atom. The lowest BCUT2D eigenvalue weighted by atomic mass is 9.97. The molecule has 0 bridgehead atoms. The average Bonchev–Trinajstić information content (AvgIpc) is 2.90. The number of carbonyl (C=O) groups is 1. The molecule has 35 heavy (non-hydrogen) atoms. The van der Waals surface area contributed by atoms with Gasteiger partial charge >= 0.3 is 0 Å². The molecule has 1 amide bonds. The normalized spacial score (nSPS) is 10.2. The van der Waals surface area contributed by atoms with Gasteiger partial charge in [-0.2, -0.15) is 0 Å². The molecule has 0 saturated heterocycles. The highest BCUT2D eigenvalue weighted by molar-refractivity contribution is 7.27. The van der Waals surface area contributed by atoms with Gasteiger partial charge in [-0.15, -0.1) is 9.24 Å². The summed E-state index contributed by atoms with van der Waals surface area (Å²) in [5.74, 6) is 0.0911. The second-order valence-corrected chi connectivity index (χ2v) is 8.00. The van der Waals surface area contributed by atoms with Gasteiger partial charge in [0.05, 0.1) is 6.42 Å². The topological polar surface area (TPSA) is 65.2 Å². The molecule has 5 nitrogen and oxygen atoms in total. The minimum atomic E-state index is 0.0911. The van der Waals surface area contributed by atoms with Crippen molar-refractivity contribution in [1.82, 2.24) is 21.3 Å². The van der Waals surface area contributed by atoms with Gasteiger partial charge in [0, 0.05) is 6.54 Å². The van der Waals surface area contributed by atoms with Gasteiger partial charge in [0.25, 0.3) is 0 Å². The van der Waals surface area contributed by atoms with Crippen LogP contribution in [0.4, 0.5) is 0 Å². The number of nitrogens with one attached hydrogen (secondary N) is 4. The highest BCUT2D eigenvalue weighted by Gasteiger charge is 2.09. The summed E-state index contributed by atoms with van der Waals surface area (Å²) >= 11 is 0. The maximum Gasteiger partial charge on any atom is 0.224 e. The van der Waals surface area contributed by atoms with Crippen molar-refractivity contribution < 1.29 is 4.79 Å². The second kappa shape index (κ2) is 30.8. The molecule has 0 aliphatic heterocycles. The summed E-state index contributed by atoms with van der Waals surface area (Å²) in [4.78, 5) is 12.3. The van der Waals surface area contributed by atoms with Gasteiger partial charge in [0.2, 0.25) is 5.91 Å².